The molecular formula is C26H37N3O4. The number of pyridine rings is 1. The first-order valence-electron chi connectivity index (χ1n) is 12.0. The van der Waals surface area contributed by atoms with Gasteiger partial charge in [-0.15, -0.1) is 0 Å². The molecule has 7 nitrogen and oxygen atoms in total. The molecule has 1 aromatic carbocycles. The van der Waals surface area contributed by atoms with Crippen LogP contribution in [0.4, 0.5) is 10.5 Å². The van der Waals surface area contributed by atoms with Crippen LogP contribution in [0.5, 0.6) is 11.5 Å². The number of piperidine rings is 2. The summed E-state index contributed by atoms with van der Waals surface area (Å²) in [4.78, 5) is 21.5. The number of carbonyl (C=O) groups is 1. The van der Waals surface area contributed by atoms with E-state index in [2.05, 4.69) is 16.0 Å². The van der Waals surface area contributed by atoms with Gasteiger partial charge in [0.2, 0.25) is 0 Å². The number of aromatic nitrogens is 1. The van der Waals surface area contributed by atoms with Crippen LogP contribution in [0, 0.1) is 11.8 Å². The molecule has 7 heteroatoms. The molecule has 0 N–H and O–H groups in total. The number of hydrogen-bond donors (Lipinski definition) is 0. The van der Waals surface area contributed by atoms with E-state index in [4.69, 9.17) is 14.2 Å². The average Bonchev–Trinajstić information content (AvgIpc) is 2.82. The Morgan fingerprint density at radius 3 is 2.36 bits per heavy atom. The highest BCUT2D eigenvalue weighted by atomic mass is 16.6. The van der Waals surface area contributed by atoms with Crippen molar-refractivity contribution in [1.82, 2.24) is 9.88 Å². The zero-order chi connectivity index (χ0) is 23.6. The lowest BCUT2D eigenvalue weighted by Crippen LogP contribution is -2.46. The highest BCUT2D eigenvalue weighted by Gasteiger charge is 2.33. The number of methoxy groups -OCH3 is 2. The molecule has 4 rings (SSSR count). The van der Waals surface area contributed by atoms with Crippen molar-refractivity contribution in [2.75, 3.05) is 45.3 Å². The number of amides is 1. The molecular weight excluding hydrogens is 418 g/mol. The van der Waals surface area contributed by atoms with E-state index in [1.165, 1.54) is 12.1 Å². The van der Waals surface area contributed by atoms with E-state index in [1.807, 2.05) is 44.0 Å². The molecule has 1 aromatic heterocycles. The molecule has 2 fully saturated rings. The molecule has 1 atom stereocenters. The molecule has 2 saturated heterocycles. The summed E-state index contributed by atoms with van der Waals surface area (Å²) in [6.45, 7) is 9.40. The summed E-state index contributed by atoms with van der Waals surface area (Å²) in [7, 11) is 3.31. The summed E-state index contributed by atoms with van der Waals surface area (Å²) in [6, 6.07) is 6.07. The van der Waals surface area contributed by atoms with Gasteiger partial charge >= 0.3 is 6.09 Å². The summed E-state index contributed by atoms with van der Waals surface area (Å²) in [5.74, 6) is 2.60. The van der Waals surface area contributed by atoms with Crippen molar-refractivity contribution in [3.05, 3.63) is 24.4 Å². The number of nitrogens with zero attached hydrogens (tertiary/aromatic N) is 3. The van der Waals surface area contributed by atoms with Crippen LogP contribution in [0.15, 0.2) is 24.4 Å². The Bertz CT molecular complexity index is 979. The summed E-state index contributed by atoms with van der Waals surface area (Å²) < 4.78 is 16.6. The van der Waals surface area contributed by atoms with E-state index in [0.717, 1.165) is 62.1 Å². The van der Waals surface area contributed by atoms with Gasteiger partial charge in [0.25, 0.3) is 0 Å². The molecule has 0 radical (unpaired) electrons. The molecule has 0 spiro atoms. The standard InChI is InChI=1S/C26H37N3O4/c1-26(2,3)33-25(30)29-12-6-7-19(17-29)18-9-13-28(14-10-18)22-8-11-27-21-16-24(32-5)23(31-4)15-20(21)22/h8,11,15-16,18-19H,6-7,9-10,12-14,17H2,1-5H3. The third-order valence-corrected chi connectivity index (χ3v) is 6.88. The molecule has 0 bridgehead atoms. The van der Waals surface area contributed by atoms with Crippen LogP contribution in [0.1, 0.15) is 46.5 Å². The zero-order valence-electron chi connectivity index (χ0n) is 20.6. The third kappa shape index (κ3) is 5.28. The van der Waals surface area contributed by atoms with Gasteiger partial charge in [0.05, 0.1) is 19.7 Å². The van der Waals surface area contributed by atoms with E-state index < -0.39 is 5.60 Å². The van der Waals surface area contributed by atoms with E-state index in [0.29, 0.717) is 17.6 Å². The van der Waals surface area contributed by atoms with Crippen molar-refractivity contribution in [2.24, 2.45) is 11.8 Å². The van der Waals surface area contributed by atoms with E-state index in [9.17, 15) is 4.79 Å². The number of ether oxygens (including phenoxy) is 3. The monoisotopic (exact) mass is 455 g/mol. The van der Waals surface area contributed by atoms with Crippen molar-refractivity contribution in [3.8, 4) is 11.5 Å². The molecule has 2 aliphatic heterocycles. The largest absolute Gasteiger partial charge is 0.493 e. The van der Waals surface area contributed by atoms with Crippen LogP contribution in [-0.4, -0.2) is 62.0 Å². The van der Waals surface area contributed by atoms with Crippen LogP contribution < -0.4 is 14.4 Å². The summed E-state index contributed by atoms with van der Waals surface area (Å²) in [6.07, 6.45) is 6.21. The molecule has 2 aromatic rings. The third-order valence-electron chi connectivity index (χ3n) is 6.88. The Hall–Kier alpha value is -2.70. The number of anilines is 1. The van der Waals surface area contributed by atoms with Crippen molar-refractivity contribution in [1.29, 1.82) is 0 Å². The predicted molar refractivity (Wildman–Crippen MR) is 130 cm³/mol. The molecule has 33 heavy (non-hydrogen) atoms. The first-order chi connectivity index (χ1) is 15.8. The SMILES string of the molecule is COc1cc2nccc(N3CCC(C4CCCN(C(=O)OC(C)(C)C)C4)CC3)c2cc1OC. The van der Waals surface area contributed by atoms with Gasteiger partial charge in [-0.1, -0.05) is 0 Å². The zero-order valence-corrected chi connectivity index (χ0v) is 20.6. The normalized spacial score (nSPS) is 20.1. The lowest BCUT2D eigenvalue weighted by atomic mass is 9.79. The molecule has 0 saturated carbocycles. The molecule has 0 aliphatic carbocycles. The quantitative estimate of drug-likeness (QED) is 0.638. The number of benzene rings is 1. The maximum atomic E-state index is 12.6. The number of hydrogen-bond acceptors (Lipinski definition) is 6. The van der Waals surface area contributed by atoms with Gasteiger partial charge in [-0.2, -0.15) is 0 Å². The van der Waals surface area contributed by atoms with Crippen LogP contribution in [0.25, 0.3) is 10.9 Å². The lowest BCUT2D eigenvalue weighted by molar-refractivity contribution is 0.0120. The van der Waals surface area contributed by atoms with Crippen molar-refractivity contribution < 1.29 is 19.0 Å². The highest BCUT2D eigenvalue weighted by Crippen LogP contribution is 2.38. The number of carbonyl (C=O) groups excluding carboxylic acids is 1. The maximum Gasteiger partial charge on any atom is 0.410 e. The minimum absolute atomic E-state index is 0.169. The second-order valence-electron chi connectivity index (χ2n) is 10.2. The Morgan fingerprint density at radius 1 is 1.00 bits per heavy atom. The van der Waals surface area contributed by atoms with E-state index in [1.54, 1.807) is 14.2 Å². The topological polar surface area (TPSA) is 64.1 Å². The molecule has 2 aliphatic rings. The van der Waals surface area contributed by atoms with Crippen LogP contribution in [0.2, 0.25) is 0 Å². The van der Waals surface area contributed by atoms with Crippen LogP contribution in [-0.2, 0) is 4.74 Å². The molecule has 1 unspecified atom stereocenters. The van der Waals surface area contributed by atoms with E-state index in [-0.39, 0.29) is 6.09 Å². The summed E-state index contributed by atoms with van der Waals surface area (Å²) in [5, 5.41) is 1.09. The average molecular weight is 456 g/mol. The maximum absolute atomic E-state index is 12.6. The van der Waals surface area contributed by atoms with Gasteiger partial charge in [0.1, 0.15) is 5.60 Å². The number of rotatable bonds is 4. The van der Waals surface area contributed by atoms with Crippen molar-refractivity contribution >= 4 is 22.7 Å². The predicted octanol–water partition coefficient (Wildman–Crippen LogP) is 5.12. The van der Waals surface area contributed by atoms with Gasteiger partial charge in [-0.05, 0) is 70.4 Å². The Morgan fingerprint density at radius 2 is 1.70 bits per heavy atom. The minimum atomic E-state index is -0.449. The molecule has 180 valence electrons. The molecule has 1 amide bonds. The Balaban J connectivity index is 1.43. The Labute approximate surface area is 197 Å². The first kappa shape index (κ1) is 23.5. The number of likely N-dealkylation sites (tertiary alicyclic amines) is 1. The van der Waals surface area contributed by atoms with Crippen LogP contribution in [0.3, 0.4) is 0 Å². The highest BCUT2D eigenvalue weighted by molar-refractivity contribution is 5.94. The number of fused-ring (bicyclic) bond motifs is 1. The van der Waals surface area contributed by atoms with Gasteiger partial charge in [-0.3, -0.25) is 4.98 Å². The fraction of sp³-hybridized carbons (Fsp3) is 0.615. The summed E-state index contributed by atoms with van der Waals surface area (Å²) >= 11 is 0. The van der Waals surface area contributed by atoms with Gasteiger partial charge < -0.3 is 24.0 Å². The van der Waals surface area contributed by atoms with Gasteiger partial charge in [0, 0.05) is 49.5 Å². The Kier molecular flexibility index (Phi) is 6.86. The lowest BCUT2D eigenvalue weighted by Gasteiger charge is -2.41. The molecule has 3 heterocycles. The van der Waals surface area contributed by atoms with Crippen molar-refractivity contribution in [3.63, 3.8) is 0 Å². The van der Waals surface area contributed by atoms with Gasteiger partial charge in [0.15, 0.2) is 11.5 Å². The fourth-order valence-corrected chi connectivity index (χ4v) is 5.23. The fourth-order valence-electron chi connectivity index (χ4n) is 5.23. The second kappa shape index (κ2) is 9.65. The van der Waals surface area contributed by atoms with Crippen LogP contribution >= 0.6 is 0 Å². The van der Waals surface area contributed by atoms with E-state index >= 15 is 0 Å². The van der Waals surface area contributed by atoms with Crippen molar-refractivity contribution in [2.45, 2.75) is 52.1 Å². The summed E-state index contributed by atoms with van der Waals surface area (Å²) in [5.41, 5.74) is 1.65. The smallest absolute Gasteiger partial charge is 0.410 e. The first-order valence-corrected chi connectivity index (χ1v) is 12.0. The second-order valence-corrected chi connectivity index (χ2v) is 10.2. The minimum Gasteiger partial charge on any atom is -0.493 e. The van der Waals surface area contributed by atoms with Gasteiger partial charge in [-0.25, -0.2) is 4.79 Å².